The summed E-state index contributed by atoms with van der Waals surface area (Å²) in [7, 11) is 0. The molecule has 0 saturated heterocycles. The third-order valence-corrected chi connectivity index (χ3v) is 3.16. The van der Waals surface area contributed by atoms with Crippen LogP contribution in [0.25, 0.3) is 0 Å². The van der Waals surface area contributed by atoms with Crippen LogP contribution in [0, 0.1) is 12.8 Å². The first kappa shape index (κ1) is 12.3. The fourth-order valence-corrected chi connectivity index (χ4v) is 1.97. The van der Waals surface area contributed by atoms with E-state index in [1.54, 1.807) is 6.07 Å². The molecule has 0 radical (unpaired) electrons. The van der Waals surface area contributed by atoms with Crippen LogP contribution in [0.15, 0.2) is 18.2 Å². The number of rotatable bonds is 2. The maximum Gasteiger partial charge on any atom is 0.229 e. The first-order valence-corrected chi connectivity index (χ1v) is 6.23. The summed E-state index contributed by atoms with van der Waals surface area (Å²) < 4.78 is 0. The highest BCUT2D eigenvalue weighted by Gasteiger charge is 2.30. The topological polar surface area (TPSA) is 41.1 Å². The number of para-hydroxylation sites is 1. The molecule has 1 amide bonds. The molecule has 0 atom stereocenters. The molecule has 2 N–H and O–H groups in total. The minimum absolute atomic E-state index is 0.00722. The van der Waals surface area contributed by atoms with Crippen molar-refractivity contribution in [2.45, 2.75) is 19.8 Å². The zero-order valence-corrected chi connectivity index (χ0v) is 11.0. The summed E-state index contributed by atoms with van der Waals surface area (Å²) in [6, 6.07) is 5.58. The molecular formula is C12H13ClN2OS. The minimum Gasteiger partial charge on any atom is -0.331 e. The number of carbonyl (C=O) groups excluding carboxylic acids is 1. The van der Waals surface area contributed by atoms with Crippen LogP contribution in [0.3, 0.4) is 0 Å². The third-order valence-electron chi connectivity index (χ3n) is 2.65. The van der Waals surface area contributed by atoms with E-state index >= 15 is 0 Å². The van der Waals surface area contributed by atoms with Gasteiger partial charge < -0.3 is 10.6 Å². The number of amides is 1. The molecule has 3 nitrogen and oxygen atoms in total. The van der Waals surface area contributed by atoms with Gasteiger partial charge in [0.2, 0.25) is 5.91 Å². The fraction of sp³-hybridized carbons (Fsp3) is 0.333. The highest BCUT2D eigenvalue weighted by atomic mass is 35.5. The van der Waals surface area contributed by atoms with Gasteiger partial charge in [0.05, 0.1) is 10.7 Å². The van der Waals surface area contributed by atoms with Crippen molar-refractivity contribution in [3.63, 3.8) is 0 Å². The SMILES string of the molecule is Cc1cccc(Cl)c1NC(=S)NC(=O)C1CC1. The first-order chi connectivity index (χ1) is 8.08. The lowest BCUT2D eigenvalue weighted by Crippen LogP contribution is -2.35. The van der Waals surface area contributed by atoms with Gasteiger partial charge in [0.25, 0.3) is 0 Å². The lowest BCUT2D eigenvalue weighted by Gasteiger charge is -2.12. The van der Waals surface area contributed by atoms with Gasteiger partial charge in [-0.25, -0.2) is 0 Å². The van der Waals surface area contributed by atoms with E-state index in [1.165, 1.54) is 0 Å². The van der Waals surface area contributed by atoms with E-state index in [0.29, 0.717) is 10.1 Å². The fourth-order valence-electron chi connectivity index (χ4n) is 1.49. The van der Waals surface area contributed by atoms with Crippen LogP contribution in [0.1, 0.15) is 18.4 Å². The lowest BCUT2D eigenvalue weighted by molar-refractivity contribution is -0.120. The Morgan fingerprint density at radius 1 is 1.47 bits per heavy atom. The molecule has 2 rings (SSSR count). The second-order valence-corrected chi connectivity index (χ2v) is 4.96. The third kappa shape index (κ3) is 3.17. The molecule has 0 aliphatic heterocycles. The zero-order chi connectivity index (χ0) is 12.4. The van der Waals surface area contributed by atoms with Crippen LogP contribution in [0.5, 0.6) is 0 Å². The van der Waals surface area contributed by atoms with Crippen LogP contribution >= 0.6 is 23.8 Å². The van der Waals surface area contributed by atoms with Crippen LogP contribution in [-0.4, -0.2) is 11.0 Å². The molecule has 1 aliphatic carbocycles. The highest BCUT2D eigenvalue weighted by molar-refractivity contribution is 7.80. The van der Waals surface area contributed by atoms with Crippen LogP contribution in [-0.2, 0) is 4.79 Å². The summed E-state index contributed by atoms with van der Waals surface area (Å²) in [5.41, 5.74) is 1.73. The first-order valence-electron chi connectivity index (χ1n) is 5.45. The number of anilines is 1. The van der Waals surface area contributed by atoms with E-state index in [2.05, 4.69) is 10.6 Å². The predicted molar refractivity (Wildman–Crippen MR) is 73.3 cm³/mol. The molecule has 90 valence electrons. The Labute approximate surface area is 111 Å². The number of aryl methyl sites for hydroxylation is 1. The molecule has 17 heavy (non-hydrogen) atoms. The van der Waals surface area contributed by atoms with E-state index in [1.807, 2.05) is 19.1 Å². The molecule has 5 heteroatoms. The van der Waals surface area contributed by atoms with Crippen molar-refractivity contribution in [1.29, 1.82) is 0 Å². The van der Waals surface area contributed by atoms with Crippen LogP contribution < -0.4 is 10.6 Å². The Balaban J connectivity index is 2.00. The summed E-state index contributed by atoms with van der Waals surface area (Å²) in [4.78, 5) is 11.5. The maximum atomic E-state index is 11.5. The van der Waals surface area contributed by atoms with Crippen molar-refractivity contribution in [3.8, 4) is 0 Å². The van der Waals surface area contributed by atoms with Gasteiger partial charge in [-0.05, 0) is 43.6 Å². The van der Waals surface area contributed by atoms with Gasteiger partial charge in [-0.1, -0.05) is 23.7 Å². The lowest BCUT2D eigenvalue weighted by atomic mass is 10.2. The number of nitrogens with one attached hydrogen (secondary N) is 2. The summed E-state index contributed by atoms with van der Waals surface area (Å²) in [5.74, 6) is 0.134. The Morgan fingerprint density at radius 3 is 2.76 bits per heavy atom. The number of halogens is 1. The molecule has 1 aliphatic rings. The van der Waals surface area contributed by atoms with Crippen molar-refractivity contribution in [3.05, 3.63) is 28.8 Å². The van der Waals surface area contributed by atoms with Crippen molar-refractivity contribution in [2.24, 2.45) is 5.92 Å². The zero-order valence-electron chi connectivity index (χ0n) is 9.42. The second-order valence-electron chi connectivity index (χ2n) is 4.15. The van der Waals surface area contributed by atoms with Gasteiger partial charge in [-0.2, -0.15) is 0 Å². The van der Waals surface area contributed by atoms with Gasteiger partial charge >= 0.3 is 0 Å². The van der Waals surface area contributed by atoms with E-state index in [4.69, 9.17) is 23.8 Å². The highest BCUT2D eigenvalue weighted by Crippen LogP contribution is 2.29. The predicted octanol–water partition coefficient (Wildman–Crippen LogP) is 2.87. The number of carbonyl (C=O) groups is 1. The van der Waals surface area contributed by atoms with Crippen molar-refractivity contribution in [2.75, 3.05) is 5.32 Å². The number of benzene rings is 1. The second kappa shape index (κ2) is 5.02. The quantitative estimate of drug-likeness (QED) is 0.811. The Kier molecular flexibility index (Phi) is 3.64. The molecular weight excluding hydrogens is 256 g/mol. The Hall–Kier alpha value is -1.13. The van der Waals surface area contributed by atoms with Gasteiger partial charge in [0, 0.05) is 5.92 Å². The smallest absolute Gasteiger partial charge is 0.229 e. The largest absolute Gasteiger partial charge is 0.331 e. The summed E-state index contributed by atoms with van der Waals surface area (Å²) >= 11 is 11.1. The van der Waals surface area contributed by atoms with E-state index in [0.717, 1.165) is 24.1 Å². The van der Waals surface area contributed by atoms with Gasteiger partial charge in [-0.3, -0.25) is 4.79 Å². The average Bonchev–Trinajstić information content (AvgIpc) is 3.07. The summed E-state index contributed by atoms with van der Waals surface area (Å²) in [6.07, 6.45) is 1.92. The Bertz CT molecular complexity index is 451. The number of thiocarbonyl (C=S) groups is 1. The summed E-state index contributed by atoms with van der Waals surface area (Å²) in [6.45, 7) is 1.93. The Morgan fingerprint density at radius 2 is 2.18 bits per heavy atom. The monoisotopic (exact) mass is 268 g/mol. The van der Waals surface area contributed by atoms with Gasteiger partial charge in [0.1, 0.15) is 0 Å². The standard InChI is InChI=1S/C12H13ClN2OS/c1-7-3-2-4-9(13)10(7)14-12(17)15-11(16)8-5-6-8/h2-4,8H,5-6H2,1H3,(H2,14,15,16,17). The summed E-state index contributed by atoms with van der Waals surface area (Å²) in [5, 5.41) is 6.52. The van der Waals surface area contributed by atoms with E-state index < -0.39 is 0 Å². The molecule has 0 spiro atoms. The van der Waals surface area contributed by atoms with Gasteiger partial charge in [0.15, 0.2) is 5.11 Å². The van der Waals surface area contributed by atoms with Crippen LogP contribution in [0.4, 0.5) is 5.69 Å². The maximum absolute atomic E-state index is 11.5. The molecule has 0 heterocycles. The van der Waals surface area contributed by atoms with E-state index in [9.17, 15) is 4.79 Å². The molecule has 1 aromatic rings. The number of hydrogen-bond acceptors (Lipinski definition) is 2. The molecule has 0 unspecified atom stereocenters. The van der Waals surface area contributed by atoms with Crippen molar-refractivity contribution < 1.29 is 4.79 Å². The average molecular weight is 269 g/mol. The van der Waals surface area contributed by atoms with E-state index in [-0.39, 0.29) is 11.8 Å². The van der Waals surface area contributed by atoms with Crippen LogP contribution in [0.2, 0.25) is 5.02 Å². The number of hydrogen-bond donors (Lipinski definition) is 2. The molecule has 0 bridgehead atoms. The molecule has 0 aromatic heterocycles. The minimum atomic E-state index is -0.00722. The molecule has 1 saturated carbocycles. The molecule has 1 aromatic carbocycles. The van der Waals surface area contributed by atoms with Gasteiger partial charge in [-0.15, -0.1) is 0 Å². The molecule has 1 fully saturated rings. The normalized spacial score (nSPS) is 14.2. The van der Waals surface area contributed by atoms with Crippen molar-refractivity contribution in [1.82, 2.24) is 5.32 Å². The van der Waals surface area contributed by atoms with Crippen molar-refractivity contribution >= 4 is 40.5 Å².